The highest BCUT2D eigenvalue weighted by Gasteiger charge is 2.57. The van der Waals surface area contributed by atoms with E-state index in [-0.39, 0.29) is 24.1 Å². The summed E-state index contributed by atoms with van der Waals surface area (Å²) in [5.41, 5.74) is 0. The largest absolute Gasteiger partial charge is 0.459 e. The zero-order valence-electron chi connectivity index (χ0n) is 7.45. The van der Waals surface area contributed by atoms with Gasteiger partial charge in [-0.05, 0) is 6.42 Å². The van der Waals surface area contributed by atoms with Crippen LogP contribution in [0.1, 0.15) is 26.7 Å². The van der Waals surface area contributed by atoms with Gasteiger partial charge in [0.25, 0.3) is 0 Å². The molecule has 0 aromatic carbocycles. The first-order valence-corrected chi connectivity index (χ1v) is 4.70. The molecule has 12 heavy (non-hydrogen) atoms. The molecule has 68 valence electrons. The molecule has 0 aromatic heterocycles. The van der Waals surface area contributed by atoms with Gasteiger partial charge in [-0.1, -0.05) is 13.8 Å². The molecule has 3 aliphatic rings. The summed E-state index contributed by atoms with van der Waals surface area (Å²) in [6.45, 7) is 4.00. The van der Waals surface area contributed by atoms with Gasteiger partial charge in [-0.3, -0.25) is 4.79 Å². The van der Waals surface area contributed by atoms with Crippen LogP contribution in [-0.2, 0) is 14.3 Å². The lowest BCUT2D eigenvalue weighted by atomic mass is 9.90. The third-order valence-corrected chi connectivity index (χ3v) is 2.69. The summed E-state index contributed by atoms with van der Waals surface area (Å²) >= 11 is 0. The normalized spacial score (nSPS) is 47.0. The second-order valence-electron chi connectivity index (χ2n) is 3.28. The lowest BCUT2D eigenvalue weighted by Crippen LogP contribution is -2.22. The fourth-order valence-corrected chi connectivity index (χ4v) is 2.26. The van der Waals surface area contributed by atoms with Crippen LogP contribution in [0.2, 0.25) is 0 Å². The molecule has 3 heteroatoms. The zero-order chi connectivity index (χ0) is 8.72. The summed E-state index contributed by atoms with van der Waals surface area (Å²) < 4.78 is 10.6. The maximum Gasteiger partial charge on any atom is 0.312 e. The van der Waals surface area contributed by atoms with Gasteiger partial charge in [0.2, 0.25) is 0 Å². The number of ether oxygens (including phenoxy) is 2. The molecule has 0 aromatic rings. The predicted octanol–water partition coefficient (Wildman–Crippen LogP) is 1.12. The predicted molar refractivity (Wildman–Crippen MR) is 42.6 cm³/mol. The van der Waals surface area contributed by atoms with Crippen molar-refractivity contribution in [2.45, 2.75) is 45.0 Å². The Hall–Kier alpha value is -0.570. The number of hydrogen-bond donors (Lipinski definition) is 0. The van der Waals surface area contributed by atoms with Crippen LogP contribution in [0.3, 0.4) is 0 Å². The SMILES string of the molecule is CC.O=C1OC2CC3CC1C2O3. The van der Waals surface area contributed by atoms with Gasteiger partial charge in [0.15, 0.2) is 0 Å². The molecule has 4 atom stereocenters. The molecule has 3 rings (SSSR count). The van der Waals surface area contributed by atoms with Crippen LogP contribution in [0.5, 0.6) is 0 Å². The van der Waals surface area contributed by atoms with E-state index in [9.17, 15) is 4.79 Å². The third kappa shape index (κ3) is 0.891. The van der Waals surface area contributed by atoms with Gasteiger partial charge >= 0.3 is 5.97 Å². The van der Waals surface area contributed by atoms with Crippen molar-refractivity contribution in [3.8, 4) is 0 Å². The van der Waals surface area contributed by atoms with Crippen LogP contribution in [-0.4, -0.2) is 24.3 Å². The van der Waals surface area contributed by atoms with E-state index in [1.807, 2.05) is 13.8 Å². The fourth-order valence-electron chi connectivity index (χ4n) is 2.26. The molecule has 3 fully saturated rings. The van der Waals surface area contributed by atoms with E-state index < -0.39 is 0 Å². The first-order chi connectivity index (χ1) is 5.84. The van der Waals surface area contributed by atoms with Crippen molar-refractivity contribution < 1.29 is 14.3 Å². The van der Waals surface area contributed by atoms with Gasteiger partial charge in [0.1, 0.15) is 12.2 Å². The standard InChI is InChI=1S/C7H8O3.C2H6/c8-7-4-1-3-2-5(10-7)6(4)9-3;1-2/h3-6H,1-2H2;1-2H3. The summed E-state index contributed by atoms with van der Waals surface area (Å²) in [6, 6.07) is 0. The van der Waals surface area contributed by atoms with Gasteiger partial charge in [-0.2, -0.15) is 0 Å². The molecule has 3 heterocycles. The van der Waals surface area contributed by atoms with Crippen LogP contribution in [0.15, 0.2) is 0 Å². The Labute approximate surface area is 72.0 Å². The molecule has 0 aliphatic carbocycles. The highest BCUT2D eigenvalue weighted by atomic mass is 16.6. The van der Waals surface area contributed by atoms with Crippen molar-refractivity contribution >= 4 is 5.97 Å². The first-order valence-electron chi connectivity index (χ1n) is 4.70. The van der Waals surface area contributed by atoms with Gasteiger partial charge in [-0.15, -0.1) is 0 Å². The molecule has 0 spiro atoms. The van der Waals surface area contributed by atoms with Crippen LogP contribution in [0.4, 0.5) is 0 Å². The molecule has 4 unspecified atom stereocenters. The Morgan fingerprint density at radius 2 is 2.08 bits per heavy atom. The van der Waals surface area contributed by atoms with Crippen LogP contribution >= 0.6 is 0 Å². The minimum atomic E-state index is -0.0324. The Kier molecular flexibility index (Phi) is 1.83. The van der Waals surface area contributed by atoms with Crippen LogP contribution in [0.25, 0.3) is 0 Å². The molecule has 0 amide bonds. The quantitative estimate of drug-likeness (QED) is 0.511. The van der Waals surface area contributed by atoms with Crippen molar-refractivity contribution in [3.63, 3.8) is 0 Å². The Bertz CT molecular complexity index is 200. The van der Waals surface area contributed by atoms with Crippen LogP contribution < -0.4 is 0 Å². The second kappa shape index (κ2) is 2.73. The number of hydrogen-bond acceptors (Lipinski definition) is 3. The van der Waals surface area contributed by atoms with Crippen LogP contribution in [0, 0.1) is 5.92 Å². The van der Waals surface area contributed by atoms with E-state index in [1.54, 1.807) is 0 Å². The molecule has 2 bridgehead atoms. The number of fused-ring (bicyclic) bond motifs is 1. The molecule has 0 N–H and O–H groups in total. The molecule has 0 radical (unpaired) electrons. The average Bonchev–Trinajstić information content (AvgIpc) is 2.67. The van der Waals surface area contributed by atoms with E-state index in [1.165, 1.54) is 0 Å². The first kappa shape index (κ1) is 8.05. The average molecular weight is 170 g/mol. The number of esters is 1. The molecular formula is C9H14O3. The Morgan fingerprint density at radius 1 is 1.33 bits per heavy atom. The second-order valence-corrected chi connectivity index (χ2v) is 3.28. The summed E-state index contributed by atoms with van der Waals surface area (Å²) in [6.07, 6.45) is 2.40. The lowest BCUT2D eigenvalue weighted by molar-refractivity contribution is -0.143. The topological polar surface area (TPSA) is 35.5 Å². The number of carbonyl (C=O) groups is 1. The van der Waals surface area contributed by atoms with Gasteiger partial charge in [-0.25, -0.2) is 0 Å². The highest BCUT2D eigenvalue weighted by molar-refractivity contribution is 5.76. The van der Waals surface area contributed by atoms with E-state index in [0.29, 0.717) is 6.10 Å². The summed E-state index contributed by atoms with van der Waals surface area (Å²) in [5.74, 6) is 0.0544. The number of carbonyl (C=O) groups excluding carboxylic acids is 1. The summed E-state index contributed by atoms with van der Waals surface area (Å²) in [5, 5.41) is 0. The summed E-state index contributed by atoms with van der Waals surface area (Å²) in [7, 11) is 0. The zero-order valence-corrected chi connectivity index (χ0v) is 7.45. The Balaban J connectivity index is 0.000000264. The molecular weight excluding hydrogens is 156 g/mol. The minimum absolute atomic E-state index is 0.0324. The molecule has 3 nitrogen and oxygen atoms in total. The van der Waals surface area contributed by atoms with E-state index in [0.717, 1.165) is 12.8 Å². The summed E-state index contributed by atoms with van der Waals surface area (Å²) in [4.78, 5) is 11.0. The van der Waals surface area contributed by atoms with E-state index >= 15 is 0 Å². The maximum absolute atomic E-state index is 11.0. The highest BCUT2D eigenvalue weighted by Crippen LogP contribution is 2.45. The van der Waals surface area contributed by atoms with Gasteiger partial charge < -0.3 is 9.47 Å². The monoisotopic (exact) mass is 170 g/mol. The van der Waals surface area contributed by atoms with Crippen molar-refractivity contribution in [3.05, 3.63) is 0 Å². The molecule has 3 saturated heterocycles. The maximum atomic E-state index is 11.0. The van der Waals surface area contributed by atoms with E-state index in [4.69, 9.17) is 9.47 Å². The van der Waals surface area contributed by atoms with Crippen molar-refractivity contribution in [2.24, 2.45) is 5.92 Å². The lowest BCUT2D eigenvalue weighted by Gasteiger charge is -2.07. The smallest absolute Gasteiger partial charge is 0.312 e. The fraction of sp³-hybridized carbons (Fsp3) is 0.889. The van der Waals surface area contributed by atoms with Crippen molar-refractivity contribution in [1.82, 2.24) is 0 Å². The van der Waals surface area contributed by atoms with Crippen molar-refractivity contribution in [2.75, 3.05) is 0 Å². The minimum Gasteiger partial charge on any atom is -0.459 e. The Morgan fingerprint density at radius 3 is 2.58 bits per heavy atom. The van der Waals surface area contributed by atoms with E-state index in [2.05, 4.69) is 0 Å². The van der Waals surface area contributed by atoms with Gasteiger partial charge in [0.05, 0.1) is 12.0 Å². The van der Waals surface area contributed by atoms with Gasteiger partial charge in [0, 0.05) is 6.42 Å². The molecule has 0 saturated carbocycles. The molecule has 3 aliphatic heterocycles. The third-order valence-electron chi connectivity index (χ3n) is 2.69. The van der Waals surface area contributed by atoms with Crippen molar-refractivity contribution in [1.29, 1.82) is 0 Å². The number of rotatable bonds is 0.